The van der Waals surface area contributed by atoms with Crippen LogP contribution < -0.4 is 11.9 Å². The summed E-state index contributed by atoms with van der Waals surface area (Å²) >= 11 is 3.65. The van der Waals surface area contributed by atoms with E-state index in [1.807, 2.05) is 0 Å². The van der Waals surface area contributed by atoms with Gasteiger partial charge >= 0.3 is 11.9 Å². The van der Waals surface area contributed by atoms with Gasteiger partial charge in [-0.2, -0.15) is 12.6 Å². The molecule has 0 aliphatic carbocycles. The second kappa shape index (κ2) is 11.0. The first kappa shape index (κ1) is 19.5. The van der Waals surface area contributed by atoms with Gasteiger partial charge in [0, 0.05) is 12.2 Å². The van der Waals surface area contributed by atoms with Crippen molar-refractivity contribution in [2.24, 2.45) is 5.73 Å². The van der Waals surface area contributed by atoms with Crippen molar-refractivity contribution in [3.8, 4) is 0 Å². The zero-order valence-electron chi connectivity index (χ0n) is 8.34. The van der Waals surface area contributed by atoms with E-state index in [9.17, 15) is 14.4 Å². The van der Waals surface area contributed by atoms with E-state index in [0.29, 0.717) is 0 Å². The van der Waals surface area contributed by atoms with Gasteiger partial charge in [0.15, 0.2) is 0 Å². The lowest BCUT2D eigenvalue weighted by molar-refractivity contribution is -0.148. The van der Waals surface area contributed by atoms with Crippen LogP contribution in [0.4, 0.5) is 0 Å². The first-order chi connectivity index (χ1) is 6.36. The van der Waals surface area contributed by atoms with Gasteiger partial charge in [-0.15, -0.1) is 0 Å². The van der Waals surface area contributed by atoms with Crippen LogP contribution in [-0.2, 0) is 14.4 Å². The fourth-order valence-corrected chi connectivity index (χ4v) is 0.386. The second-order valence-electron chi connectivity index (χ2n) is 2.21. The monoisotopic (exact) mass is 240 g/mol. The lowest BCUT2D eigenvalue weighted by Gasteiger charge is -1.96. The second-order valence-corrected chi connectivity index (χ2v) is 2.57. The third-order valence-electron chi connectivity index (χ3n) is 1.07. The van der Waals surface area contributed by atoms with Crippen LogP contribution in [-0.4, -0.2) is 39.7 Å². The van der Waals surface area contributed by atoms with Crippen LogP contribution in [0, 0.1) is 0 Å². The van der Waals surface area contributed by atoms with Gasteiger partial charge in [0.1, 0.15) is 6.04 Å². The summed E-state index contributed by atoms with van der Waals surface area (Å²) in [5, 5.41) is 15.8. The molecule has 0 bridgehead atoms. The van der Waals surface area contributed by atoms with Gasteiger partial charge in [0.25, 0.3) is 0 Å². The van der Waals surface area contributed by atoms with Crippen molar-refractivity contribution < 1.29 is 24.6 Å². The van der Waals surface area contributed by atoms with Crippen molar-refractivity contribution in [3.05, 3.63) is 0 Å². The molecule has 0 unspecified atom stereocenters. The molecule has 0 saturated heterocycles. The summed E-state index contributed by atoms with van der Waals surface area (Å²) in [5.74, 6) is -2.90. The SMILES string of the molecule is CCC(=O)C(=O)O.N.N[C@@H](CS)C(=O)O. The van der Waals surface area contributed by atoms with Crippen molar-refractivity contribution in [1.82, 2.24) is 6.15 Å². The van der Waals surface area contributed by atoms with Crippen LogP contribution in [0.2, 0.25) is 0 Å². The number of carbonyl (C=O) groups is 3. The molecule has 0 fully saturated rings. The molecule has 0 saturated carbocycles. The van der Waals surface area contributed by atoms with Crippen LogP contribution in [0.5, 0.6) is 0 Å². The number of carboxylic acids is 2. The van der Waals surface area contributed by atoms with Gasteiger partial charge in [-0.3, -0.25) is 9.59 Å². The quantitative estimate of drug-likeness (QED) is 0.329. The number of aliphatic carboxylic acids is 2. The van der Waals surface area contributed by atoms with E-state index in [-0.39, 0.29) is 18.3 Å². The minimum absolute atomic E-state index is 0. The molecule has 0 heterocycles. The topological polar surface area (TPSA) is 153 Å². The first-order valence-electron chi connectivity index (χ1n) is 3.72. The Labute approximate surface area is 92.6 Å². The van der Waals surface area contributed by atoms with E-state index >= 15 is 0 Å². The predicted molar refractivity (Wildman–Crippen MR) is 57.4 cm³/mol. The number of hydrogen-bond donors (Lipinski definition) is 5. The van der Waals surface area contributed by atoms with Gasteiger partial charge in [0.05, 0.1) is 0 Å². The van der Waals surface area contributed by atoms with E-state index in [4.69, 9.17) is 15.9 Å². The van der Waals surface area contributed by atoms with E-state index in [1.54, 1.807) is 0 Å². The Kier molecular flexibility index (Phi) is 14.2. The Morgan fingerprint density at radius 1 is 1.33 bits per heavy atom. The third-order valence-corrected chi connectivity index (χ3v) is 1.47. The van der Waals surface area contributed by atoms with E-state index in [1.165, 1.54) is 6.92 Å². The maximum absolute atomic E-state index is 9.91. The molecule has 15 heavy (non-hydrogen) atoms. The molecule has 0 aliphatic rings. The number of carbonyl (C=O) groups excluding carboxylic acids is 1. The van der Waals surface area contributed by atoms with Gasteiger partial charge < -0.3 is 22.1 Å². The van der Waals surface area contributed by atoms with Crippen molar-refractivity contribution in [3.63, 3.8) is 0 Å². The molecule has 0 rings (SSSR count). The molecule has 0 aliphatic heterocycles. The maximum Gasteiger partial charge on any atom is 0.372 e. The number of ketones is 1. The molecule has 0 amide bonds. The first-order valence-corrected chi connectivity index (χ1v) is 4.35. The summed E-state index contributed by atoms with van der Waals surface area (Å²) in [5.41, 5.74) is 4.94. The zero-order chi connectivity index (χ0) is 11.7. The Morgan fingerprint density at radius 3 is 1.73 bits per heavy atom. The molecule has 1 atom stereocenters. The molecule has 0 spiro atoms. The molecule has 7 nitrogen and oxygen atoms in total. The van der Waals surface area contributed by atoms with Crippen LogP contribution in [0.3, 0.4) is 0 Å². The van der Waals surface area contributed by atoms with Gasteiger partial charge in [-0.25, -0.2) is 4.79 Å². The number of Topliss-reactive ketones (excluding diaryl/α,β-unsaturated/α-hetero) is 1. The van der Waals surface area contributed by atoms with Gasteiger partial charge in [0.2, 0.25) is 5.78 Å². The maximum atomic E-state index is 9.91. The summed E-state index contributed by atoms with van der Waals surface area (Å²) in [6, 6.07) is -0.816. The molecule has 7 N–H and O–H groups in total. The number of carboxylic acid groups (broad SMARTS) is 2. The van der Waals surface area contributed by atoms with Crippen molar-refractivity contribution >= 4 is 30.4 Å². The molecule has 0 radical (unpaired) electrons. The minimum atomic E-state index is -1.34. The van der Waals surface area contributed by atoms with Crippen LogP contribution in [0.15, 0.2) is 0 Å². The summed E-state index contributed by atoms with van der Waals surface area (Å²) in [7, 11) is 0. The summed E-state index contributed by atoms with van der Waals surface area (Å²) in [6.45, 7) is 1.51. The number of thiol groups is 1. The highest BCUT2D eigenvalue weighted by Crippen LogP contribution is 1.80. The summed E-state index contributed by atoms with van der Waals surface area (Å²) in [6.07, 6.45) is 0.0787. The Morgan fingerprint density at radius 2 is 1.73 bits per heavy atom. The largest absolute Gasteiger partial charge is 0.480 e. The standard InChI is InChI=1S/C4H6O3.C3H7NO2S.H3N/c1-2-3(5)4(6)7;4-2(1-7)3(5)6;/h2H2,1H3,(H,6,7);2,7H,1,4H2,(H,5,6);1H3/t;2-;/m.0./s1. The summed E-state index contributed by atoms with van der Waals surface area (Å²) in [4.78, 5) is 29.2. The molecular formula is C7H16N2O5S. The van der Waals surface area contributed by atoms with Gasteiger partial charge in [-0.05, 0) is 0 Å². The van der Waals surface area contributed by atoms with Crippen LogP contribution >= 0.6 is 12.6 Å². The summed E-state index contributed by atoms with van der Waals surface area (Å²) < 4.78 is 0. The normalized spacial score (nSPS) is 10.1. The van der Waals surface area contributed by atoms with E-state index in [2.05, 4.69) is 12.6 Å². The molecule has 0 aromatic heterocycles. The molecule has 8 heteroatoms. The molecule has 90 valence electrons. The van der Waals surface area contributed by atoms with Crippen LogP contribution in [0.25, 0.3) is 0 Å². The average Bonchev–Trinajstić information content (AvgIpc) is 2.15. The van der Waals surface area contributed by atoms with Gasteiger partial charge in [-0.1, -0.05) is 6.92 Å². The average molecular weight is 240 g/mol. The Hall–Kier alpha value is -1.12. The lowest BCUT2D eigenvalue weighted by atomic mass is 10.3. The Balaban J connectivity index is -0.000000180. The zero-order valence-corrected chi connectivity index (χ0v) is 9.24. The molecule has 0 aromatic carbocycles. The number of rotatable bonds is 4. The highest BCUT2D eigenvalue weighted by Gasteiger charge is 2.06. The van der Waals surface area contributed by atoms with E-state index in [0.717, 1.165) is 0 Å². The Bertz CT molecular complexity index is 221. The predicted octanol–water partition coefficient (Wildman–Crippen LogP) is -0.460. The van der Waals surface area contributed by atoms with Crippen LogP contribution in [0.1, 0.15) is 13.3 Å². The van der Waals surface area contributed by atoms with Crippen molar-refractivity contribution in [2.75, 3.05) is 5.75 Å². The highest BCUT2D eigenvalue weighted by atomic mass is 32.1. The smallest absolute Gasteiger partial charge is 0.372 e. The highest BCUT2D eigenvalue weighted by molar-refractivity contribution is 7.80. The molecule has 0 aromatic rings. The fourth-order valence-electron chi connectivity index (χ4n) is 0.229. The fraction of sp³-hybridized carbons (Fsp3) is 0.571. The van der Waals surface area contributed by atoms with E-state index < -0.39 is 23.8 Å². The van der Waals surface area contributed by atoms with Crippen molar-refractivity contribution in [1.29, 1.82) is 0 Å². The molecular weight excluding hydrogens is 224 g/mol. The number of hydrogen-bond acceptors (Lipinski definition) is 6. The lowest BCUT2D eigenvalue weighted by Crippen LogP contribution is -2.31. The number of nitrogens with two attached hydrogens (primary N) is 1. The third kappa shape index (κ3) is 12.9. The van der Waals surface area contributed by atoms with Crippen molar-refractivity contribution in [2.45, 2.75) is 19.4 Å². The minimum Gasteiger partial charge on any atom is -0.480 e.